The Kier molecular flexibility index (Phi) is 6.04. The number of aromatic nitrogens is 1. The van der Waals surface area contributed by atoms with Gasteiger partial charge in [-0.15, -0.1) is 0 Å². The van der Waals surface area contributed by atoms with Crippen molar-refractivity contribution in [3.8, 4) is 0 Å². The van der Waals surface area contributed by atoms with Crippen LogP contribution in [0, 0.1) is 0 Å². The number of rotatable bonds is 2. The lowest BCUT2D eigenvalue weighted by atomic mass is 10.3. The van der Waals surface area contributed by atoms with Crippen molar-refractivity contribution < 1.29 is 4.52 Å². The van der Waals surface area contributed by atoms with Crippen molar-refractivity contribution >= 4 is 0 Å². The highest BCUT2D eigenvalue weighted by Gasteiger charge is 2.10. The molecule has 0 amide bonds. The van der Waals surface area contributed by atoms with Crippen LogP contribution in [0.25, 0.3) is 0 Å². The fourth-order valence-corrected chi connectivity index (χ4v) is 1.42. The zero-order chi connectivity index (χ0) is 10.9. The maximum Gasteiger partial charge on any atom is 0.124 e. The molecule has 4 nitrogen and oxygen atoms in total. The van der Waals surface area contributed by atoms with Crippen molar-refractivity contribution in [1.29, 1.82) is 0 Å². The van der Waals surface area contributed by atoms with E-state index in [0.29, 0.717) is 0 Å². The molecular formula is C11H21N3O. The number of hydrogen-bond donors (Lipinski definition) is 1. The van der Waals surface area contributed by atoms with E-state index in [9.17, 15) is 0 Å². The molecule has 1 fully saturated rings. The van der Waals surface area contributed by atoms with Crippen LogP contribution in [0.2, 0.25) is 0 Å². The van der Waals surface area contributed by atoms with E-state index in [2.05, 4.69) is 29.2 Å². The van der Waals surface area contributed by atoms with E-state index in [4.69, 9.17) is 4.52 Å². The summed E-state index contributed by atoms with van der Waals surface area (Å²) in [6, 6.07) is 1.92. The largest absolute Gasteiger partial charge is 0.364 e. The van der Waals surface area contributed by atoms with Crippen LogP contribution in [0.3, 0.4) is 0 Å². The first kappa shape index (κ1) is 12.2. The molecule has 1 saturated heterocycles. The molecule has 1 aromatic rings. The summed E-state index contributed by atoms with van der Waals surface area (Å²) >= 11 is 0. The van der Waals surface area contributed by atoms with Crippen LogP contribution in [0.4, 0.5) is 0 Å². The molecule has 0 unspecified atom stereocenters. The van der Waals surface area contributed by atoms with Crippen LogP contribution in [-0.4, -0.2) is 36.2 Å². The van der Waals surface area contributed by atoms with Gasteiger partial charge < -0.3 is 9.84 Å². The molecule has 15 heavy (non-hydrogen) atoms. The van der Waals surface area contributed by atoms with Gasteiger partial charge in [0.2, 0.25) is 0 Å². The second-order valence-electron chi connectivity index (χ2n) is 3.72. The number of nitrogens with one attached hydrogen (secondary N) is 1. The van der Waals surface area contributed by atoms with E-state index in [1.807, 2.05) is 6.07 Å². The summed E-state index contributed by atoms with van der Waals surface area (Å²) in [7, 11) is 0. The molecule has 0 aromatic carbocycles. The summed E-state index contributed by atoms with van der Waals surface area (Å²) in [5, 5.41) is 7.18. The summed E-state index contributed by atoms with van der Waals surface area (Å²) in [6.07, 6.45) is 2.87. The van der Waals surface area contributed by atoms with E-state index < -0.39 is 0 Å². The van der Waals surface area contributed by atoms with Crippen molar-refractivity contribution in [2.45, 2.75) is 26.8 Å². The lowest BCUT2D eigenvalue weighted by molar-refractivity contribution is 0.226. The molecule has 1 N–H and O–H groups in total. The SMILES string of the molecule is CCC.c1cc(CN2CCNCC2)no1. The quantitative estimate of drug-likeness (QED) is 0.805. The van der Waals surface area contributed by atoms with Gasteiger partial charge in [0.05, 0.1) is 5.69 Å². The minimum atomic E-state index is 0.915. The maximum absolute atomic E-state index is 4.76. The lowest BCUT2D eigenvalue weighted by Gasteiger charge is -2.25. The van der Waals surface area contributed by atoms with Gasteiger partial charge in [-0.2, -0.15) is 0 Å². The molecule has 0 bridgehead atoms. The van der Waals surface area contributed by atoms with Crippen LogP contribution in [-0.2, 0) is 6.54 Å². The molecule has 1 aliphatic rings. The maximum atomic E-state index is 4.76. The number of hydrogen-bond acceptors (Lipinski definition) is 4. The third-order valence-corrected chi connectivity index (χ3v) is 2.09. The topological polar surface area (TPSA) is 41.3 Å². The Morgan fingerprint density at radius 1 is 1.40 bits per heavy atom. The molecule has 2 heterocycles. The minimum absolute atomic E-state index is 0.915. The molecular weight excluding hydrogens is 190 g/mol. The van der Waals surface area contributed by atoms with Crippen LogP contribution < -0.4 is 5.32 Å². The normalized spacial score (nSPS) is 16.9. The van der Waals surface area contributed by atoms with Gasteiger partial charge in [0.15, 0.2) is 0 Å². The fraction of sp³-hybridized carbons (Fsp3) is 0.727. The van der Waals surface area contributed by atoms with Gasteiger partial charge in [0.1, 0.15) is 6.26 Å². The number of nitrogens with zero attached hydrogens (tertiary/aromatic N) is 2. The van der Waals surface area contributed by atoms with Gasteiger partial charge in [0, 0.05) is 38.8 Å². The molecule has 0 atom stereocenters. The molecule has 0 spiro atoms. The molecule has 1 aliphatic heterocycles. The first-order valence-electron chi connectivity index (χ1n) is 5.69. The second-order valence-corrected chi connectivity index (χ2v) is 3.72. The molecule has 2 rings (SSSR count). The summed E-state index contributed by atoms with van der Waals surface area (Å²) in [4.78, 5) is 2.37. The van der Waals surface area contributed by atoms with E-state index in [-0.39, 0.29) is 0 Å². The Balaban J connectivity index is 0.000000337. The van der Waals surface area contributed by atoms with Crippen LogP contribution in [0.15, 0.2) is 16.9 Å². The molecule has 4 heteroatoms. The standard InChI is InChI=1S/C8H13N3O.C3H8/c1-6-12-10-8(1)7-11-4-2-9-3-5-11;1-3-2/h1,6,9H,2-5,7H2;3H2,1-2H3. The van der Waals surface area contributed by atoms with E-state index in [0.717, 1.165) is 38.4 Å². The van der Waals surface area contributed by atoms with E-state index in [1.54, 1.807) is 6.26 Å². The molecule has 0 aliphatic carbocycles. The molecule has 0 saturated carbocycles. The molecule has 86 valence electrons. The van der Waals surface area contributed by atoms with Crippen molar-refractivity contribution in [3.63, 3.8) is 0 Å². The number of piperazine rings is 1. The Hall–Kier alpha value is -0.870. The third-order valence-electron chi connectivity index (χ3n) is 2.09. The summed E-state index contributed by atoms with van der Waals surface area (Å²) in [5.41, 5.74) is 1.02. The van der Waals surface area contributed by atoms with E-state index >= 15 is 0 Å². The van der Waals surface area contributed by atoms with Crippen molar-refractivity contribution in [1.82, 2.24) is 15.4 Å². The first-order valence-corrected chi connectivity index (χ1v) is 5.69. The van der Waals surface area contributed by atoms with Gasteiger partial charge in [-0.05, 0) is 0 Å². The Labute approximate surface area is 91.6 Å². The van der Waals surface area contributed by atoms with Gasteiger partial charge in [-0.3, -0.25) is 4.90 Å². The Bertz CT molecular complexity index is 230. The van der Waals surface area contributed by atoms with Crippen LogP contribution in [0.1, 0.15) is 26.0 Å². The summed E-state index contributed by atoms with van der Waals surface area (Å²) < 4.78 is 4.76. The summed E-state index contributed by atoms with van der Waals surface area (Å²) in [5.74, 6) is 0. The molecule has 1 aromatic heterocycles. The summed E-state index contributed by atoms with van der Waals surface area (Å²) in [6.45, 7) is 9.54. The zero-order valence-corrected chi connectivity index (χ0v) is 9.70. The second kappa shape index (κ2) is 7.43. The van der Waals surface area contributed by atoms with Crippen molar-refractivity contribution in [3.05, 3.63) is 18.0 Å². The molecule has 0 radical (unpaired) electrons. The lowest BCUT2D eigenvalue weighted by Crippen LogP contribution is -2.42. The van der Waals surface area contributed by atoms with Gasteiger partial charge >= 0.3 is 0 Å². The Morgan fingerprint density at radius 2 is 2.07 bits per heavy atom. The third kappa shape index (κ3) is 4.95. The predicted molar refractivity (Wildman–Crippen MR) is 60.6 cm³/mol. The zero-order valence-electron chi connectivity index (χ0n) is 9.70. The van der Waals surface area contributed by atoms with E-state index in [1.165, 1.54) is 6.42 Å². The first-order chi connectivity index (χ1) is 7.36. The predicted octanol–water partition coefficient (Wildman–Crippen LogP) is 1.50. The monoisotopic (exact) mass is 211 g/mol. The smallest absolute Gasteiger partial charge is 0.124 e. The van der Waals surface area contributed by atoms with Crippen LogP contribution in [0.5, 0.6) is 0 Å². The van der Waals surface area contributed by atoms with Crippen LogP contribution >= 0.6 is 0 Å². The average molecular weight is 211 g/mol. The van der Waals surface area contributed by atoms with Crippen molar-refractivity contribution in [2.24, 2.45) is 0 Å². The fourth-order valence-electron chi connectivity index (χ4n) is 1.42. The highest BCUT2D eigenvalue weighted by atomic mass is 16.5. The van der Waals surface area contributed by atoms with Gasteiger partial charge in [-0.25, -0.2) is 0 Å². The van der Waals surface area contributed by atoms with Gasteiger partial charge in [0.25, 0.3) is 0 Å². The minimum Gasteiger partial charge on any atom is -0.364 e. The van der Waals surface area contributed by atoms with Gasteiger partial charge in [-0.1, -0.05) is 25.4 Å². The highest BCUT2D eigenvalue weighted by molar-refractivity contribution is 4.95. The van der Waals surface area contributed by atoms with Crippen molar-refractivity contribution in [2.75, 3.05) is 26.2 Å². The Morgan fingerprint density at radius 3 is 2.60 bits per heavy atom. The highest BCUT2D eigenvalue weighted by Crippen LogP contribution is 2.01. The average Bonchev–Trinajstić information content (AvgIpc) is 2.73.